The molecule has 0 saturated carbocycles. The van der Waals surface area contributed by atoms with Crippen LogP contribution in [0.4, 0.5) is 11.4 Å². The van der Waals surface area contributed by atoms with Gasteiger partial charge < -0.3 is 11.1 Å². The number of nitrogens with zero attached hydrogens (tertiary/aromatic N) is 2. The largest absolute Gasteiger partial charge is 0.398 e. The number of hydrogen-bond donors (Lipinski definition) is 2. The van der Waals surface area contributed by atoms with Gasteiger partial charge in [0.15, 0.2) is 0 Å². The number of rotatable bonds is 3. The van der Waals surface area contributed by atoms with Crippen molar-refractivity contribution in [3.05, 3.63) is 60.2 Å². The molecule has 3 N–H and O–H groups in total. The Morgan fingerprint density at radius 3 is 2.85 bits per heavy atom. The SMILES string of the molecule is Cc1cc2c(NCc3cccnc3)ccc(N)c2cn1. The molecule has 0 spiro atoms. The van der Waals surface area contributed by atoms with E-state index in [1.807, 2.05) is 43.6 Å². The molecule has 2 heterocycles. The third-order valence-corrected chi connectivity index (χ3v) is 3.28. The van der Waals surface area contributed by atoms with Crippen LogP contribution in [-0.2, 0) is 6.54 Å². The molecule has 0 unspecified atom stereocenters. The van der Waals surface area contributed by atoms with Gasteiger partial charge in [-0.25, -0.2) is 0 Å². The lowest BCUT2D eigenvalue weighted by Gasteiger charge is -2.11. The molecular weight excluding hydrogens is 248 g/mol. The van der Waals surface area contributed by atoms with E-state index in [9.17, 15) is 0 Å². The molecule has 0 amide bonds. The summed E-state index contributed by atoms with van der Waals surface area (Å²) >= 11 is 0. The second-order valence-electron chi connectivity index (χ2n) is 4.79. The molecule has 0 saturated heterocycles. The van der Waals surface area contributed by atoms with Crippen molar-refractivity contribution in [1.29, 1.82) is 0 Å². The van der Waals surface area contributed by atoms with Crippen molar-refractivity contribution in [2.75, 3.05) is 11.1 Å². The summed E-state index contributed by atoms with van der Waals surface area (Å²) < 4.78 is 0. The lowest BCUT2D eigenvalue weighted by Crippen LogP contribution is -2.01. The Morgan fingerprint density at radius 1 is 1.15 bits per heavy atom. The summed E-state index contributed by atoms with van der Waals surface area (Å²) in [5.41, 5.74) is 9.93. The van der Waals surface area contributed by atoms with E-state index in [1.165, 1.54) is 0 Å². The molecule has 0 atom stereocenters. The summed E-state index contributed by atoms with van der Waals surface area (Å²) in [4.78, 5) is 8.43. The van der Waals surface area contributed by atoms with Crippen LogP contribution in [-0.4, -0.2) is 9.97 Å². The van der Waals surface area contributed by atoms with Gasteiger partial charge in [-0.2, -0.15) is 0 Å². The topological polar surface area (TPSA) is 63.8 Å². The van der Waals surface area contributed by atoms with Crippen molar-refractivity contribution in [2.45, 2.75) is 13.5 Å². The van der Waals surface area contributed by atoms with E-state index in [4.69, 9.17) is 5.73 Å². The van der Waals surface area contributed by atoms with Crippen molar-refractivity contribution < 1.29 is 0 Å². The minimum absolute atomic E-state index is 0.730. The van der Waals surface area contributed by atoms with E-state index in [2.05, 4.69) is 21.4 Å². The molecule has 4 heteroatoms. The smallest absolute Gasteiger partial charge is 0.0425 e. The van der Waals surface area contributed by atoms with Gasteiger partial charge in [0.25, 0.3) is 0 Å². The summed E-state index contributed by atoms with van der Waals surface area (Å²) in [6.07, 6.45) is 5.46. The van der Waals surface area contributed by atoms with E-state index in [-0.39, 0.29) is 0 Å². The first-order chi connectivity index (χ1) is 9.74. The highest BCUT2D eigenvalue weighted by Gasteiger charge is 2.05. The van der Waals surface area contributed by atoms with Crippen LogP contribution in [0.2, 0.25) is 0 Å². The first kappa shape index (κ1) is 12.4. The normalized spacial score (nSPS) is 10.7. The average Bonchev–Trinajstić information content (AvgIpc) is 2.47. The Morgan fingerprint density at radius 2 is 2.05 bits per heavy atom. The van der Waals surface area contributed by atoms with Gasteiger partial charge in [-0.1, -0.05) is 6.07 Å². The number of aryl methyl sites for hydroxylation is 1. The van der Waals surface area contributed by atoms with Crippen LogP contribution in [0.5, 0.6) is 0 Å². The molecule has 100 valence electrons. The van der Waals surface area contributed by atoms with Gasteiger partial charge in [0.2, 0.25) is 0 Å². The molecule has 0 bridgehead atoms. The van der Waals surface area contributed by atoms with Gasteiger partial charge in [0, 0.05) is 53.0 Å². The fourth-order valence-electron chi connectivity index (χ4n) is 2.22. The Hall–Kier alpha value is -2.62. The average molecular weight is 264 g/mol. The minimum atomic E-state index is 0.730. The molecule has 4 nitrogen and oxygen atoms in total. The Balaban J connectivity index is 1.95. The van der Waals surface area contributed by atoms with Gasteiger partial charge in [-0.3, -0.25) is 9.97 Å². The monoisotopic (exact) mass is 264 g/mol. The zero-order chi connectivity index (χ0) is 13.9. The molecule has 0 aliphatic carbocycles. The summed E-state index contributed by atoms with van der Waals surface area (Å²) in [7, 11) is 0. The van der Waals surface area contributed by atoms with E-state index in [0.717, 1.165) is 39.9 Å². The summed E-state index contributed by atoms with van der Waals surface area (Å²) in [5, 5.41) is 5.51. The number of hydrogen-bond acceptors (Lipinski definition) is 4. The summed E-state index contributed by atoms with van der Waals surface area (Å²) in [6.45, 7) is 2.71. The van der Waals surface area contributed by atoms with Gasteiger partial charge in [-0.05, 0) is 36.8 Å². The van der Waals surface area contributed by atoms with Crippen molar-refractivity contribution in [1.82, 2.24) is 9.97 Å². The van der Waals surface area contributed by atoms with Crippen LogP contribution in [0.3, 0.4) is 0 Å². The Bertz CT molecular complexity index is 738. The highest BCUT2D eigenvalue weighted by atomic mass is 14.9. The first-order valence-electron chi connectivity index (χ1n) is 6.51. The highest BCUT2D eigenvalue weighted by molar-refractivity contribution is 6.00. The van der Waals surface area contributed by atoms with E-state index in [0.29, 0.717) is 0 Å². The fraction of sp³-hybridized carbons (Fsp3) is 0.125. The van der Waals surface area contributed by atoms with Crippen LogP contribution >= 0.6 is 0 Å². The van der Waals surface area contributed by atoms with Gasteiger partial charge in [0.05, 0.1) is 0 Å². The standard InChI is InChI=1S/C16H16N4/c1-11-7-13-14(10-19-11)15(17)4-5-16(13)20-9-12-3-2-6-18-8-12/h2-8,10,20H,9,17H2,1H3. The third kappa shape index (κ3) is 2.40. The number of anilines is 2. The second kappa shape index (κ2) is 5.17. The second-order valence-corrected chi connectivity index (χ2v) is 4.79. The minimum Gasteiger partial charge on any atom is -0.398 e. The fourth-order valence-corrected chi connectivity index (χ4v) is 2.22. The molecule has 3 rings (SSSR count). The molecule has 0 aliphatic rings. The van der Waals surface area contributed by atoms with Crippen molar-refractivity contribution in [3.63, 3.8) is 0 Å². The maximum atomic E-state index is 6.00. The van der Waals surface area contributed by atoms with Crippen LogP contribution in [0.1, 0.15) is 11.3 Å². The Labute approximate surface area is 117 Å². The van der Waals surface area contributed by atoms with Gasteiger partial charge >= 0.3 is 0 Å². The molecule has 0 radical (unpaired) electrons. The molecule has 1 aromatic carbocycles. The predicted octanol–water partition coefficient (Wildman–Crippen LogP) is 3.13. The van der Waals surface area contributed by atoms with Gasteiger partial charge in [0.1, 0.15) is 0 Å². The lowest BCUT2D eigenvalue weighted by atomic mass is 10.1. The van der Waals surface area contributed by atoms with E-state index >= 15 is 0 Å². The number of aromatic nitrogens is 2. The highest BCUT2D eigenvalue weighted by Crippen LogP contribution is 2.28. The maximum Gasteiger partial charge on any atom is 0.0425 e. The molecular formula is C16H16N4. The summed E-state index contributed by atoms with van der Waals surface area (Å²) in [6, 6.07) is 9.95. The number of nitrogens with one attached hydrogen (secondary N) is 1. The van der Waals surface area contributed by atoms with Crippen molar-refractivity contribution >= 4 is 22.1 Å². The van der Waals surface area contributed by atoms with Crippen LogP contribution in [0.25, 0.3) is 10.8 Å². The van der Waals surface area contributed by atoms with Gasteiger partial charge in [-0.15, -0.1) is 0 Å². The van der Waals surface area contributed by atoms with Crippen LogP contribution in [0, 0.1) is 6.92 Å². The number of benzene rings is 1. The molecule has 0 aliphatic heterocycles. The summed E-state index contributed by atoms with van der Waals surface area (Å²) in [5.74, 6) is 0. The molecule has 2 aromatic heterocycles. The quantitative estimate of drug-likeness (QED) is 0.713. The molecule has 3 aromatic rings. The Kier molecular flexibility index (Phi) is 3.21. The first-order valence-corrected chi connectivity index (χ1v) is 6.51. The molecule has 20 heavy (non-hydrogen) atoms. The number of pyridine rings is 2. The van der Waals surface area contributed by atoms with E-state index in [1.54, 1.807) is 6.20 Å². The number of nitrogen functional groups attached to an aromatic ring is 1. The van der Waals surface area contributed by atoms with E-state index < -0.39 is 0 Å². The number of fused-ring (bicyclic) bond motifs is 1. The zero-order valence-electron chi connectivity index (χ0n) is 11.3. The van der Waals surface area contributed by atoms with Crippen LogP contribution in [0.15, 0.2) is 48.9 Å². The van der Waals surface area contributed by atoms with Crippen molar-refractivity contribution in [2.24, 2.45) is 0 Å². The number of nitrogens with two attached hydrogens (primary N) is 1. The zero-order valence-corrected chi connectivity index (χ0v) is 11.3. The third-order valence-electron chi connectivity index (χ3n) is 3.28. The lowest BCUT2D eigenvalue weighted by molar-refractivity contribution is 1.12. The predicted molar refractivity (Wildman–Crippen MR) is 82.5 cm³/mol. The molecule has 0 fully saturated rings. The maximum absolute atomic E-state index is 6.00. The van der Waals surface area contributed by atoms with Crippen LogP contribution < -0.4 is 11.1 Å². The van der Waals surface area contributed by atoms with Crippen molar-refractivity contribution in [3.8, 4) is 0 Å².